The van der Waals surface area contributed by atoms with Gasteiger partial charge in [0.2, 0.25) is 0 Å². The highest BCUT2D eigenvalue weighted by molar-refractivity contribution is 14.1. The minimum atomic E-state index is -0.597. The largest absolute Gasteiger partial charge is 0.483 e. The van der Waals surface area contributed by atoms with E-state index in [9.17, 15) is 9.59 Å². The number of hydrazone groups is 1. The zero-order valence-electron chi connectivity index (χ0n) is 19.8. The second kappa shape index (κ2) is 13.2. The fourth-order valence-electron chi connectivity index (χ4n) is 3.52. The number of rotatable bonds is 9. The summed E-state index contributed by atoms with van der Waals surface area (Å²) in [5.41, 5.74) is 6.02. The number of halogens is 2. The molecular formula is C24H25I2N5O4S. The number of anilines is 1. The van der Waals surface area contributed by atoms with Crippen LogP contribution in [0.5, 0.6) is 5.75 Å². The molecule has 190 valence electrons. The topological polar surface area (TPSA) is 113 Å². The van der Waals surface area contributed by atoms with Gasteiger partial charge in [0.15, 0.2) is 11.7 Å². The summed E-state index contributed by atoms with van der Waals surface area (Å²) in [5.74, 6) is -0.458. The van der Waals surface area contributed by atoms with Crippen molar-refractivity contribution in [3.63, 3.8) is 0 Å². The van der Waals surface area contributed by atoms with E-state index < -0.39 is 17.9 Å². The number of benzene rings is 2. The standard InChI is InChI=1S/C24H25I2N5O4S/c1-4-34-23(33)20-13(2)29-24(36)30-21(20)15-7-5-6-8-18(15)35-12-19(32)31-28-11-14-9-16(25)22(27-3)17(26)10-14/h5-11,21,27H,4,12H2,1-3H3,(H,31,32)(H2,29,30,36)/t21-/m0/s1. The van der Waals surface area contributed by atoms with Gasteiger partial charge in [-0.25, -0.2) is 10.2 Å². The van der Waals surface area contributed by atoms with Gasteiger partial charge in [0.1, 0.15) is 5.75 Å². The minimum Gasteiger partial charge on any atom is -0.483 e. The van der Waals surface area contributed by atoms with Crippen LogP contribution in [0, 0.1) is 7.14 Å². The van der Waals surface area contributed by atoms with Crippen LogP contribution in [0.4, 0.5) is 5.69 Å². The number of nitrogens with one attached hydrogen (secondary N) is 4. The summed E-state index contributed by atoms with van der Waals surface area (Å²) in [6.45, 7) is 3.47. The Morgan fingerprint density at radius 1 is 1.22 bits per heavy atom. The summed E-state index contributed by atoms with van der Waals surface area (Å²) in [5, 5.41) is 13.6. The maximum absolute atomic E-state index is 12.7. The molecule has 3 rings (SSSR count). The second-order valence-electron chi connectivity index (χ2n) is 7.52. The molecule has 0 radical (unpaired) electrons. The lowest BCUT2D eigenvalue weighted by Gasteiger charge is -2.30. The Morgan fingerprint density at radius 2 is 1.92 bits per heavy atom. The number of allylic oxidation sites excluding steroid dienone is 1. The van der Waals surface area contributed by atoms with E-state index in [2.05, 4.69) is 71.7 Å². The van der Waals surface area contributed by atoms with Gasteiger partial charge in [-0.3, -0.25) is 4.79 Å². The summed E-state index contributed by atoms with van der Waals surface area (Å²) in [6.07, 6.45) is 1.58. The number of para-hydroxylation sites is 1. The van der Waals surface area contributed by atoms with E-state index in [1.54, 1.807) is 32.2 Å². The quantitative estimate of drug-likeness (QED) is 0.101. The van der Waals surface area contributed by atoms with Crippen molar-refractivity contribution in [2.45, 2.75) is 19.9 Å². The predicted molar refractivity (Wildman–Crippen MR) is 160 cm³/mol. The summed E-state index contributed by atoms with van der Waals surface area (Å²) >= 11 is 9.79. The zero-order valence-corrected chi connectivity index (χ0v) is 24.9. The number of esters is 1. The molecule has 0 bridgehead atoms. The molecule has 0 saturated carbocycles. The number of hydrogen-bond donors (Lipinski definition) is 4. The maximum Gasteiger partial charge on any atom is 0.338 e. The van der Waals surface area contributed by atoms with Gasteiger partial charge >= 0.3 is 5.97 Å². The van der Waals surface area contributed by atoms with Crippen LogP contribution in [0.3, 0.4) is 0 Å². The van der Waals surface area contributed by atoms with E-state index in [0.29, 0.717) is 27.7 Å². The molecule has 2 aromatic rings. The van der Waals surface area contributed by atoms with Gasteiger partial charge in [-0.2, -0.15) is 5.10 Å². The van der Waals surface area contributed by atoms with Crippen LogP contribution < -0.4 is 26.1 Å². The highest BCUT2D eigenvalue weighted by Crippen LogP contribution is 2.33. The summed E-state index contributed by atoms with van der Waals surface area (Å²) < 4.78 is 13.1. The monoisotopic (exact) mass is 733 g/mol. The van der Waals surface area contributed by atoms with Crippen LogP contribution in [0.1, 0.15) is 31.0 Å². The van der Waals surface area contributed by atoms with E-state index in [1.807, 2.05) is 31.3 Å². The number of nitrogens with zero attached hydrogens (tertiary/aromatic N) is 1. The van der Waals surface area contributed by atoms with Crippen LogP contribution in [0.15, 0.2) is 52.8 Å². The summed E-state index contributed by atoms with van der Waals surface area (Å²) in [4.78, 5) is 25.1. The highest BCUT2D eigenvalue weighted by Gasteiger charge is 2.32. The maximum atomic E-state index is 12.7. The molecule has 36 heavy (non-hydrogen) atoms. The van der Waals surface area contributed by atoms with Crippen molar-refractivity contribution in [2.24, 2.45) is 5.10 Å². The van der Waals surface area contributed by atoms with Crippen LogP contribution in [-0.2, 0) is 14.3 Å². The number of ether oxygens (including phenoxy) is 2. The molecule has 1 heterocycles. The van der Waals surface area contributed by atoms with Gasteiger partial charge in [-0.05, 0) is 95.0 Å². The summed E-state index contributed by atoms with van der Waals surface area (Å²) in [7, 11) is 1.87. The molecule has 1 aliphatic heterocycles. The lowest BCUT2D eigenvalue weighted by molar-refractivity contribution is -0.139. The Hall–Kier alpha value is -2.46. The third-order valence-electron chi connectivity index (χ3n) is 5.07. The minimum absolute atomic E-state index is 0.240. The molecule has 0 fully saturated rings. The molecule has 1 aliphatic rings. The number of amides is 1. The van der Waals surface area contributed by atoms with Gasteiger partial charge in [0.25, 0.3) is 5.91 Å². The molecule has 1 atom stereocenters. The van der Waals surface area contributed by atoms with Gasteiger partial charge in [0.05, 0.1) is 30.1 Å². The molecule has 2 aromatic carbocycles. The first kappa shape index (κ1) is 28.1. The Morgan fingerprint density at radius 3 is 2.58 bits per heavy atom. The SMILES string of the molecule is CCOC(=O)C1=C(C)NC(=S)N[C@H]1c1ccccc1OCC(=O)NN=Cc1cc(I)c(NC)c(I)c1. The zero-order chi connectivity index (χ0) is 26.2. The van der Waals surface area contributed by atoms with E-state index in [4.69, 9.17) is 21.7 Å². The Labute approximate surface area is 242 Å². The molecule has 4 N–H and O–H groups in total. The van der Waals surface area contributed by atoms with Crippen molar-refractivity contribution in [3.05, 3.63) is 65.9 Å². The molecule has 1 amide bonds. The Kier molecular flexibility index (Phi) is 10.3. The molecule has 0 aromatic heterocycles. The molecule has 0 unspecified atom stereocenters. The number of thiocarbonyl (C=S) groups is 1. The van der Waals surface area contributed by atoms with Crippen molar-refractivity contribution < 1.29 is 19.1 Å². The van der Waals surface area contributed by atoms with Crippen LogP contribution in [0.2, 0.25) is 0 Å². The van der Waals surface area contributed by atoms with Crippen molar-refractivity contribution in [3.8, 4) is 5.75 Å². The van der Waals surface area contributed by atoms with Crippen LogP contribution >= 0.6 is 57.4 Å². The molecule has 0 spiro atoms. The predicted octanol–water partition coefficient (Wildman–Crippen LogP) is 3.82. The summed E-state index contributed by atoms with van der Waals surface area (Å²) in [6, 6.07) is 10.5. The normalized spacial score (nSPS) is 15.2. The van der Waals surface area contributed by atoms with Crippen molar-refractivity contribution in [2.75, 3.05) is 25.6 Å². The fourth-order valence-corrected chi connectivity index (χ4v) is 6.14. The smallest absolute Gasteiger partial charge is 0.338 e. The van der Waals surface area contributed by atoms with E-state index >= 15 is 0 Å². The Balaban J connectivity index is 1.70. The van der Waals surface area contributed by atoms with E-state index in [1.165, 1.54) is 0 Å². The van der Waals surface area contributed by atoms with Crippen LogP contribution in [0.25, 0.3) is 0 Å². The van der Waals surface area contributed by atoms with Crippen LogP contribution in [-0.4, -0.2) is 43.5 Å². The highest BCUT2D eigenvalue weighted by atomic mass is 127. The fraction of sp³-hybridized carbons (Fsp3) is 0.250. The lowest BCUT2D eigenvalue weighted by atomic mass is 9.95. The Bertz CT molecular complexity index is 1210. The molecule has 12 heteroatoms. The number of hydrogen-bond acceptors (Lipinski definition) is 7. The third kappa shape index (κ3) is 7.06. The number of carbonyl (C=O) groups is 2. The van der Waals surface area contributed by atoms with Gasteiger partial charge in [-0.1, -0.05) is 18.2 Å². The van der Waals surface area contributed by atoms with Crippen molar-refractivity contribution in [1.82, 2.24) is 16.1 Å². The van der Waals surface area contributed by atoms with Gasteiger partial charge < -0.3 is 25.4 Å². The van der Waals surface area contributed by atoms with Crippen molar-refractivity contribution >= 4 is 86.3 Å². The third-order valence-corrected chi connectivity index (χ3v) is 6.99. The second-order valence-corrected chi connectivity index (χ2v) is 10.3. The molecular weight excluding hydrogens is 708 g/mol. The average Bonchev–Trinajstić information content (AvgIpc) is 2.82. The molecule has 0 aliphatic carbocycles. The van der Waals surface area contributed by atoms with Gasteiger partial charge in [-0.15, -0.1) is 0 Å². The first-order valence-electron chi connectivity index (χ1n) is 10.9. The number of carbonyl (C=O) groups excluding carboxylic acids is 2. The first-order chi connectivity index (χ1) is 17.2. The molecule has 9 nitrogen and oxygen atoms in total. The van der Waals surface area contributed by atoms with E-state index in [0.717, 1.165) is 18.4 Å². The van der Waals surface area contributed by atoms with Crippen molar-refractivity contribution in [1.29, 1.82) is 0 Å². The lowest BCUT2D eigenvalue weighted by Crippen LogP contribution is -2.45. The first-order valence-corrected chi connectivity index (χ1v) is 13.5. The van der Waals surface area contributed by atoms with Gasteiger partial charge in [0, 0.05) is 25.4 Å². The molecule has 0 saturated heterocycles. The average molecular weight is 733 g/mol. The van der Waals surface area contributed by atoms with E-state index in [-0.39, 0.29) is 13.2 Å².